The van der Waals surface area contributed by atoms with Crippen LogP contribution in [-0.2, 0) is 12.2 Å². The highest BCUT2D eigenvalue weighted by Gasteiger charge is 2.16. The number of hydrogen-bond donors (Lipinski definition) is 2. The van der Waals surface area contributed by atoms with E-state index in [0.717, 1.165) is 17.9 Å². The number of hydrogen-bond acceptors (Lipinski definition) is 6. The SMILES string of the molecule is CCC(C)SCc1noc([C@H](N)Cc2cnc[nH]2)n1. The lowest BCUT2D eigenvalue weighted by Crippen LogP contribution is -2.14. The number of aromatic amines is 1. The second-order valence-corrected chi connectivity index (χ2v) is 5.89. The van der Waals surface area contributed by atoms with Gasteiger partial charge >= 0.3 is 0 Å². The molecule has 2 atom stereocenters. The number of nitrogens with two attached hydrogens (primary N) is 1. The number of thioether (sulfide) groups is 1. The van der Waals surface area contributed by atoms with Crippen LogP contribution in [0.25, 0.3) is 0 Å². The fourth-order valence-electron chi connectivity index (χ4n) is 1.53. The Morgan fingerprint density at radius 2 is 2.37 bits per heavy atom. The van der Waals surface area contributed by atoms with E-state index >= 15 is 0 Å². The molecule has 0 bridgehead atoms. The Balaban J connectivity index is 1.89. The summed E-state index contributed by atoms with van der Waals surface area (Å²) in [6.45, 7) is 4.36. The Kier molecular flexibility index (Phi) is 4.98. The van der Waals surface area contributed by atoms with Crippen LogP contribution >= 0.6 is 11.8 Å². The summed E-state index contributed by atoms with van der Waals surface area (Å²) in [5.74, 6) is 1.95. The predicted molar refractivity (Wildman–Crippen MR) is 74.6 cm³/mol. The third-order valence-electron chi connectivity index (χ3n) is 2.87. The van der Waals surface area contributed by atoms with Crippen molar-refractivity contribution in [3.8, 4) is 0 Å². The first-order chi connectivity index (χ1) is 9.19. The van der Waals surface area contributed by atoms with Gasteiger partial charge in [-0.2, -0.15) is 16.7 Å². The number of nitrogens with zero attached hydrogens (tertiary/aromatic N) is 3. The molecule has 0 aromatic carbocycles. The first kappa shape index (κ1) is 14.1. The molecule has 6 nitrogen and oxygen atoms in total. The second-order valence-electron chi connectivity index (χ2n) is 4.47. The van der Waals surface area contributed by atoms with E-state index in [0.29, 0.717) is 23.4 Å². The summed E-state index contributed by atoms with van der Waals surface area (Å²) in [6, 6.07) is -0.296. The maximum absolute atomic E-state index is 6.03. The van der Waals surface area contributed by atoms with Gasteiger partial charge in [-0.05, 0) is 6.42 Å². The summed E-state index contributed by atoms with van der Waals surface area (Å²) in [4.78, 5) is 11.3. The molecule has 2 aromatic rings. The summed E-state index contributed by atoms with van der Waals surface area (Å²) >= 11 is 1.82. The molecule has 0 aliphatic rings. The van der Waals surface area contributed by atoms with Crippen LogP contribution in [0.2, 0.25) is 0 Å². The highest BCUT2D eigenvalue weighted by atomic mass is 32.2. The van der Waals surface area contributed by atoms with Gasteiger partial charge in [-0.1, -0.05) is 19.0 Å². The molecule has 0 saturated carbocycles. The van der Waals surface area contributed by atoms with Gasteiger partial charge in [-0.25, -0.2) is 4.98 Å². The van der Waals surface area contributed by atoms with Crippen LogP contribution in [0.15, 0.2) is 17.0 Å². The molecular weight excluding hydrogens is 262 g/mol. The molecule has 3 N–H and O–H groups in total. The minimum Gasteiger partial charge on any atom is -0.348 e. The molecule has 0 fully saturated rings. The van der Waals surface area contributed by atoms with Crippen LogP contribution in [0.1, 0.15) is 43.7 Å². The van der Waals surface area contributed by atoms with Gasteiger partial charge in [-0.3, -0.25) is 0 Å². The Labute approximate surface area is 116 Å². The molecule has 1 unspecified atom stereocenters. The summed E-state index contributed by atoms with van der Waals surface area (Å²) in [7, 11) is 0. The monoisotopic (exact) mass is 281 g/mol. The molecule has 104 valence electrons. The third-order valence-corrected chi connectivity index (χ3v) is 4.19. The first-order valence-corrected chi connectivity index (χ1v) is 7.40. The Morgan fingerprint density at radius 3 is 3.05 bits per heavy atom. The van der Waals surface area contributed by atoms with Crippen LogP contribution in [0, 0.1) is 0 Å². The summed E-state index contributed by atoms with van der Waals surface area (Å²) in [5.41, 5.74) is 6.99. The summed E-state index contributed by atoms with van der Waals surface area (Å²) < 4.78 is 5.21. The molecule has 19 heavy (non-hydrogen) atoms. The van der Waals surface area contributed by atoms with Crippen LogP contribution in [-0.4, -0.2) is 25.4 Å². The zero-order chi connectivity index (χ0) is 13.7. The number of aromatic nitrogens is 4. The minimum absolute atomic E-state index is 0.296. The lowest BCUT2D eigenvalue weighted by atomic mass is 10.2. The Hall–Kier alpha value is -1.34. The molecule has 0 amide bonds. The van der Waals surface area contributed by atoms with E-state index in [-0.39, 0.29) is 6.04 Å². The molecule has 2 aromatic heterocycles. The van der Waals surface area contributed by atoms with Crippen molar-refractivity contribution in [2.45, 2.75) is 43.7 Å². The predicted octanol–water partition coefficient (Wildman–Crippen LogP) is 2.07. The highest BCUT2D eigenvalue weighted by molar-refractivity contribution is 7.99. The quantitative estimate of drug-likeness (QED) is 0.807. The highest BCUT2D eigenvalue weighted by Crippen LogP contribution is 2.19. The van der Waals surface area contributed by atoms with Gasteiger partial charge in [0.25, 0.3) is 0 Å². The zero-order valence-electron chi connectivity index (χ0n) is 11.2. The van der Waals surface area contributed by atoms with E-state index in [9.17, 15) is 0 Å². The lowest BCUT2D eigenvalue weighted by Gasteiger charge is -2.05. The van der Waals surface area contributed by atoms with E-state index < -0.39 is 0 Å². The molecule has 0 saturated heterocycles. The van der Waals surface area contributed by atoms with Gasteiger partial charge < -0.3 is 15.2 Å². The van der Waals surface area contributed by atoms with Crippen molar-refractivity contribution < 1.29 is 4.52 Å². The number of rotatable bonds is 7. The van der Waals surface area contributed by atoms with Crippen molar-refractivity contribution >= 4 is 11.8 Å². The first-order valence-electron chi connectivity index (χ1n) is 6.36. The van der Waals surface area contributed by atoms with Gasteiger partial charge in [0.1, 0.15) is 0 Å². The largest absolute Gasteiger partial charge is 0.348 e. The van der Waals surface area contributed by atoms with Crippen molar-refractivity contribution in [3.05, 3.63) is 29.9 Å². The third kappa shape index (κ3) is 4.07. The minimum atomic E-state index is -0.296. The second kappa shape index (κ2) is 6.72. The lowest BCUT2D eigenvalue weighted by molar-refractivity contribution is 0.350. The van der Waals surface area contributed by atoms with Crippen molar-refractivity contribution in [2.24, 2.45) is 5.73 Å². The maximum Gasteiger partial charge on any atom is 0.243 e. The number of nitrogens with one attached hydrogen (secondary N) is 1. The zero-order valence-corrected chi connectivity index (χ0v) is 12.0. The fraction of sp³-hybridized carbons (Fsp3) is 0.583. The van der Waals surface area contributed by atoms with E-state index in [4.69, 9.17) is 10.3 Å². The molecule has 2 rings (SSSR count). The normalized spacial score (nSPS) is 14.5. The van der Waals surface area contributed by atoms with Crippen LogP contribution in [0.3, 0.4) is 0 Å². The van der Waals surface area contributed by atoms with Gasteiger partial charge in [-0.15, -0.1) is 0 Å². The molecular formula is C12H19N5OS. The smallest absolute Gasteiger partial charge is 0.243 e. The van der Waals surface area contributed by atoms with E-state index in [1.54, 1.807) is 12.5 Å². The molecule has 2 heterocycles. The Morgan fingerprint density at radius 1 is 1.53 bits per heavy atom. The molecule has 7 heteroatoms. The van der Waals surface area contributed by atoms with Crippen molar-refractivity contribution in [2.75, 3.05) is 0 Å². The number of H-pyrrole nitrogens is 1. The molecule has 0 radical (unpaired) electrons. The average molecular weight is 281 g/mol. The van der Waals surface area contributed by atoms with E-state index in [2.05, 4.69) is 34.0 Å². The number of imidazole rings is 1. The van der Waals surface area contributed by atoms with Crippen LogP contribution in [0.4, 0.5) is 0 Å². The topological polar surface area (TPSA) is 93.6 Å². The van der Waals surface area contributed by atoms with Crippen LogP contribution in [0.5, 0.6) is 0 Å². The van der Waals surface area contributed by atoms with Crippen molar-refractivity contribution in [1.29, 1.82) is 0 Å². The van der Waals surface area contributed by atoms with Gasteiger partial charge in [0.15, 0.2) is 5.82 Å². The van der Waals surface area contributed by atoms with Gasteiger partial charge in [0.2, 0.25) is 5.89 Å². The van der Waals surface area contributed by atoms with E-state index in [1.165, 1.54) is 0 Å². The van der Waals surface area contributed by atoms with Crippen molar-refractivity contribution in [3.63, 3.8) is 0 Å². The molecule has 0 aliphatic heterocycles. The molecule has 0 spiro atoms. The van der Waals surface area contributed by atoms with Crippen LogP contribution < -0.4 is 5.73 Å². The van der Waals surface area contributed by atoms with Gasteiger partial charge in [0, 0.05) is 23.6 Å². The fourth-order valence-corrected chi connectivity index (χ4v) is 2.32. The summed E-state index contributed by atoms with van der Waals surface area (Å²) in [6.07, 6.45) is 5.12. The standard InChI is InChI=1S/C12H19N5OS/c1-3-8(2)19-6-11-16-12(18-17-11)10(13)4-9-5-14-7-15-9/h5,7-8,10H,3-4,6,13H2,1-2H3,(H,14,15)/t8?,10-/m1/s1. The molecule has 0 aliphatic carbocycles. The van der Waals surface area contributed by atoms with Gasteiger partial charge in [0.05, 0.1) is 18.1 Å². The maximum atomic E-state index is 6.03. The Bertz CT molecular complexity index is 484. The van der Waals surface area contributed by atoms with Crippen molar-refractivity contribution in [1.82, 2.24) is 20.1 Å². The summed E-state index contributed by atoms with van der Waals surface area (Å²) in [5, 5.41) is 4.56. The van der Waals surface area contributed by atoms with E-state index in [1.807, 2.05) is 11.8 Å². The average Bonchev–Trinajstić information content (AvgIpc) is 3.06.